The van der Waals surface area contributed by atoms with Gasteiger partial charge in [-0.1, -0.05) is 0 Å². The molecule has 0 heterocycles. The lowest BCUT2D eigenvalue weighted by Crippen LogP contribution is -2.17. The van der Waals surface area contributed by atoms with Crippen molar-refractivity contribution in [3.8, 4) is 5.75 Å². The van der Waals surface area contributed by atoms with Crippen molar-refractivity contribution in [2.24, 2.45) is 5.73 Å². The zero-order valence-electron chi connectivity index (χ0n) is 7.51. The predicted octanol–water partition coefficient (Wildman–Crippen LogP) is 1.11. The first kappa shape index (κ1) is 10.6. The fourth-order valence-corrected chi connectivity index (χ4v) is 1.06. The van der Waals surface area contributed by atoms with Gasteiger partial charge in [0.15, 0.2) is 17.4 Å². The molecule has 76 valence electrons. The molecule has 0 saturated carbocycles. The number of rotatable bonds is 3. The van der Waals surface area contributed by atoms with Gasteiger partial charge in [-0.2, -0.15) is 0 Å². The van der Waals surface area contributed by atoms with Crippen molar-refractivity contribution in [2.75, 3.05) is 13.7 Å². The minimum Gasteiger partial charge on any atom is -0.496 e. The van der Waals surface area contributed by atoms with Gasteiger partial charge in [0.2, 0.25) is 0 Å². The summed E-state index contributed by atoms with van der Waals surface area (Å²) in [6.07, 6.45) is 0. The van der Waals surface area contributed by atoms with Crippen LogP contribution in [0.1, 0.15) is 10.4 Å². The van der Waals surface area contributed by atoms with E-state index in [1.165, 1.54) is 13.2 Å². The number of ether oxygens (including phenoxy) is 1. The number of Topliss-reactive ketones (excluding diaryl/α,β-unsaturated/α-hetero) is 1. The van der Waals surface area contributed by atoms with Gasteiger partial charge in [-0.05, 0) is 12.1 Å². The Balaban J connectivity index is 3.35. The smallest absolute Gasteiger partial charge is 0.183 e. The molecular formula is C9H9F2NO2. The van der Waals surface area contributed by atoms with Crippen LogP contribution >= 0.6 is 0 Å². The molecule has 1 aromatic rings. The number of nitrogens with two attached hydrogens (primary N) is 1. The van der Waals surface area contributed by atoms with Gasteiger partial charge in [-0.15, -0.1) is 0 Å². The number of ketones is 1. The lowest BCUT2D eigenvalue weighted by atomic mass is 10.1. The fourth-order valence-electron chi connectivity index (χ4n) is 1.06. The standard InChI is InChI=1S/C9H9F2NO2/c1-14-7-3-2-5(10)9(11)8(7)6(13)4-12/h2-3H,4,12H2,1H3. The number of hydrogen-bond acceptors (Lipinski definition) is 3. The van der Waals surface area contributed by atoms with Gasteiger partial charge in [0.1, 0.15) is 5.75 Å². The molecule has 0 amide bonds. The van der Waals surface area contributed by atoms with Crippen molar-refractivity contribution in [1.82, 2.24) is 0 Å². The maximum Gasteiger partial charge on any atom is 0.183 e. The molecule has 0 aliphatic rings. The van der Waals surface area contributed by atoms with Crippen LogP contribution in [0.5, 0.6) is 5.75 Å². The number of hydrogen-bond donors (Lipinski definition) is 1. The normalized spacial score (nSPS) is 10.0. The second-order valence-corrected chi connectivity index (χ2v) is 2.57. The van der Waals surface area contributed by atoms with Crippen molar-refractivity contribution in [2.45, 2.75) is 0 Å². The van der Waals surface area contributed by atoms with Gasteiger partial charge in [0, 0.05) is 0 Å². The zero-order valence-corrected chi connectivity index (χ0v) is 7.51. The summed E-state index contributed by atoms with van der Waals surface area (Å²) >= 11 is 0. The van der Waals surface area contributed by atoms with E-state index >= 15 is 0 Å². The van der Waals surface area contributed by atoms with Crippen molar-refractivity contribution in [3.63, 3.8) is 0 Å². The maximum atomic E-state index is 13.2. The Morgan fingerprint density at radius 1 is 1.50 bits per heavy atom. The summed E-state index contributed by atoms with van der Waals surface area (Å²) in [6.45, 7) is -0.392. The fraction of sp³-hybridized carbons (Fsp3) is 0.222. The van der Waals surface area contributed by atoms with Crippen LogP contribution in [0.2, 0.25) is 0 Å². The summed E-state index contributed by atoms with van der Waals surface area (Å²) in [4.78, 5) is 11.2. The van der Waals surface area contributed by atoms with Crippen LogP contribution in [-0.4, -0.2) is 19.4 Å². The van der Waals surface area contributed by atoms with Gasteiger partial charge < -0.3 is 10.5 Å². The summed E-state index contributed by atoms with van der Waals surface area (Å²) in [6, 6.07) is 2.07. The first-order chi connectivity index (χ1) is 6.61. The minimum atomic E-state index is -1.22. The first-order valence-corrected chi connectivity index (χ1v) is 3.87. The third-order valence-electron chi connectivity index (χ3n) is 1.74. The largest absolute Gasteiger partial charge is 0.496 e. The van der Waals surface area contributed by atoms with Crippen LogP contribution in [0.25, 0.3) is 0 Å². The third-order valence-corrected chi connectivity index (χ3v) is 1.74. The summed E-state index contributed by atoms with van der Waals surface area (Å²) in [5.41, 5.74) is 4.62. The summed E-state index contributed by atoms with van der Waals surface area (Å²) < 4.78 is 30.6. The van der Waals surface area contributed by atoms with E-state index in [0.717, 1.165) is 6.07 Å². The molecule has 0 aliphatic heterocycles. The first-order valence-electron chi connectivity index (χ1n) is 3.87. The predicted molar refractivity (Wildman–Crippen MR) is 46.3 cm³/mol. The van der Waals surface area contributed by atoms with E-state index in [1.54, 1.807) is 0 Å². The molecule has 0 fully saturated rings. The molecule has 0 unspecified atom stereocenters. The Kier molecular flexibility index (Phi) is 3.14. The maximum absolute atomic E-state index is 13.2. The molecule has 0 spiro atoms. The third kappa shape index (κ3) is 1.72. The van der Waals surface area contributed by atoms with Crippen molar-refractivity contribution >= 4 is 5.78 Å². The molecular weight excluding hydrogens is 192 g/mol. The van der Waals surface area contributed by atoms with Gasteiger partial charge in [0.25, 0.3) is 0 Å². The highest BCUT2D eigenvalue weighted by Gasteiger charge is 2.19. The number of carbonyl (C=O) groups is 1. The highest BCUT2D eigenvalue weighted by Crippen LogP contribution is 2.23. The Hall–Kier alpha value is -1.49. The zero-order chi connectivity index (χ0) is 10.7. The van der Waals surface area contributed by atoms with Crippen molar-refractivity contribution in [3.05, 3.63) is 29.3 Å². The minimum absolute atomic E-state index is 0.0145. The summed E-state index contributed by atoms with van der Waals surface area (Å²) in [7, 11) is 1.26. The quantitative estimate of drug-likeness (QED) is 0.745. The highest BCUT2D eigenvalue weighted by molar-refractivity contribution is 6.00. The molecule has 0 radical (unpaired) electrons. The Morgan fingerprint density at radius 2 is 2.14 bits per heavy atom. The van der Waals surface area contributed by atoms with Crippen LogP contribution in [0.4, 0.5) is 8.78 Å². The molecule has 0 bridgehead atoms. The Bertz CT molecular complexity index is 366. The SMILES string of the molecule is COc1ccc(F)c(F)c1C(=O)CN. The Labute approximate surface area is 79.5 Å². The van der Waals surface area contributed by atoms with Crippen LogP contribution in [-0.2, 0) is 0 Å². The van der Waals surface area contributed by atoms with E-state index in [0.29, 0.717) is 0 Å². The van der Waals surface area contributed by atoms with Crippen LogP contribution in [0, 0.1) is 11.6 Å². The van der Waals surface area contributed by atoms with E-state index in [1.807, 2.05) is 0 Å². The van der Waals surface area contributed by atoms with Gasteiger partial charge in [-0.25, -0.2) is 8.78 Å². The Morgan fingerprint density at radius 3 is 2.64 bits per heavy atom. The number of carbonyl (C=O) groups excluding carboxylic acids is 1. The monoisotopic (exact) mass is 201 g/mol. The molecule has 0 aromatic heterocycles. The number of methoxy groups -OCH3 is 1. The van der Waals surface area contributed by atoms with Crippen molar-refractivity contribution < 1.29 is 18.3 Å². The summed E-state index contributed by atoms with van der Waals surface area (Å²) in [5, 5.41) is 0. The lowest BCUT2D eigenvalue weighted by Gasteiger charge is -2.07. The molecule has 0 saturated heterocycles. The van der Waals surface area contributed by atoms with E-state index in [2.05, 4.69) is 0 Å². The molecule has 3 nitrogen and oxygen atoms in total. The molecule has 14 heavy (non-hydrogen) atoms. The van der Waals surface area contributed by atoms with E-state index in [9.17, 15) is 13.6 Å². The van der Waals surface area contributed by atoms with Crippen LogP contribution in [0.3, 0.4) is 0 Å². The van der Waals surface area contributed by atoms with Crippen LogP contribution < -0.4 is 10.5 Å². The molecule has 0 atom stereocenters. The van der Waals surface area contributed by atoms with E-state index < -0.39 is 29.5 Å². The lowest BCUT2D eigenvalue weighted by molar-refractivity contribution is 0.0993. The molecule has 2 N–H and O–H groups in total. The number of halogens is 2. The van der Waals surface area contributed by atoms with Gasteiger partial charge >= 0.3 is 0 Å². The number of benzene rings is 1. The topological polar surface area (TPSA) is 52.3 Å². The van der Waals surface area contributed by atoms with Crippen molar-refractivity contribution in [1.29, 1.82) is 0 Å². The molecule has 0 aliphatic carbocycles. The second kappa shape index (κ2) is 4.15. The molecule has 1 rings (SSSR count). The molecule has 5 heteroatoms. The molecule has 1 aromatic carbocycles. The van der Waals surface area contributed by atoms with Gasteiger partial charge in [0.05, 0.1) is 19.2 Å². The van der Waals surface area contributed by atoms with Gasteiger partial charge in [-0.3, -0.25) is 4.79 Å². The van der Waals surface area contributed by atoms with E-state index in [4.69, 9.17) is 10.5 Å². The van der Waals surface area contributed by atoms with E-state index in [-0.39, 0.29) is 5.75 Å². The average molecular weight is 201 g/mol. The average Bonchev–Trinajstić information content (AvgIpc) is 2.20. The highest BCUT2D eigenvalue weighted by atomic mass is 19.2. The van der Waals surface area contributed by atoms with Crippen LogP contribution in [0.15, 0.2) is 12.1 Å². The second-order valence-electron chi connectivity index (χ2n) is 2.57. The summed E-state index contributed by atoms with van der Waals surface area (Å²) in [5.74, 6) is -3.03.